The number of nitrogens with zero attached hydrogens (tertiary/aromatic N) is 1. The number of carboxylic acids is 1. The van der Waals surface area contributed by atoms with Crippen LogP contribution >= 0.6 is 23.4 Å². The quantitative estimate of drug-likeness (QED) is 0.928. The lowest BCUT2D eigenvalue weighted by atomic mass is 10.1. The van der Waals surface area contributed by atoms with Crippen molar-refractivity contribution in [3.8, 4) is 0 Å². The first-order valence-corrected chi connectivity index (χ1v) is 7.87. The van der Waals surface area contributed by atoms with Gasteiger partial charge in [0.1, 0.15) is 6.04 Å². The summed E-state index contributed by atoms with van der Waals surface area (Å²) in [6, 6.07) is 5.04. The normalized spacial score (nSPS) is 18.3. The number of carbonyl (C=O) groups is 2. The van der Waals surface area contributed by atoms with E-state index >= 15 is 0 Å². The molecule has 1 fully saturated rings. The summed E-state index contributed by atoms with van der Waals surface area (Å²) in [7, 11) is 0. The Morgan fingerprint density at radius 3 is 2.90 bits per heavy atom. The van der Waals surface area contributed by atoms with Crippen LogP contribution in [0.1, 0.15) is 17.5 Å². The van der Waals surface area contributed by atoms with E-state index in [1.54, 1.807) is 0 Å². The first-order chi connectivity index (χ1) is 9.49. The molecule has 2 rings (SSSR count). The first-order valence-electron chi connectivity index (χ1n) is 6.34. The summed E-state index contributed by atoms with van der Waals surface area (Å²) in [6.07, 6.45) is 0.885. The predicted molar refractivity (Wildman–Crippen MR) is 80.1 cm³/mol. The van der Waals surface area contributed by atoms with Gasteiger partial charge in [-0.1, -0.05) is 23.7 Å². The second-order valence-corrected chi connectivity index (χ2v) is 6.21. The molecule has 0 spiro atoms. The fourth-order valence-corrected chi connectivity index (χ4v) is 3.45. The van der Waals surface area contributed by atoms with Crippen LogP contribution in [0.15, 0.2) is 18.2 Å². The number of carbonyl (C=O) groups excluding carboxylic acids is 1. The molecule has 20 heavy (non-hydrogen) atoms. The molecule has 1 amide bonds. The Kier molecular flexibility index (Phi) is 4.94. The third-order valence-electron chi connectivity index (χ3n) is 3.35. The van der Waals surface area contributed by atoms with Crippen LogP contribution < -0.4 is 0 Å². The molecular formula is C14H16ClNO3S. The molecule has 1 heterocycles. The molecule has 0 aliphatic carbocycles. The van der Waals surface area contributed by atoms with E-state index in [0.29, 0.717) is 29.5 Å². The van der Waals surface area contributed by atoms with Gasteiger partial charge in [-0.3, -0.25) is 4.79 Å². The summed E-state index contributed by atoms with van der Waals surface area (Å²) in [5, 5.41) is 9.75. The number of halogens is 1. The highest BCUT2D eigenvalue weighted by Gasteiger charge is 2.33. The van der Waals surface area contributed by atoms with Gasteiger partial charge in [-0.25, -0.2) is 4.79 Å². The van der Waals surface area contributed by atoms with E-state index in [1.807, 2.05) is 25.1 Å². The summed E-state index contributed by atoms with van der Waals surface area (Å²) >= 11 is 7.52. The molecular weight excluding hydrogens is 298 g/mol. The molecule has 6 heteroatoms. The van der Waals surface area contributed by atoms with Crippen molar-refractivity contribution in [2.75, 3.05) is 11.6 Å². The average Bonchev–Trinajstić information content (AvgIpc) is 2.89. The molecule has 1 aliphatic rings. The molecule has 1 atom stereocenters. The van der Waals surface area contributed by atoms with Crippen molar-refractivity contribution in [2.45, 2.75) is 25.8 Å². The van der Waals surface area contributed by atoms with Crippen LogP contribution in [0.2, 0.25) is 5.02 Å². The smallest absolute Gasteiger partial charge is 0.327 e. The molecule has 1 unspecified atom stereocenters. The molecule has 1 saturated heterocycles. The van der Waals surface area contributed by atoms with Gasteiger partial charge >= 0.3 is 5.97 Å². The number of aliphatic carboxylic acids is 1. The van der Waals surface area contributed by atoms with Gasteiger partial charge in [-0.2, -0.15) is 0 Å². The van der Waals surface area contributed by atoms with Gasteiger partial charge in [0.15, 0.2) is 0 Å². The Morgan fingerprint density at radius 2 is 2.25 bits per heavy atom. The van der Waals surface area contributed by atoms with Crippen molar-refractivity contribution in [2.24, 2.45) is 0 Å². The second-order valence-electron chi connectivity index (χ2n) is 4.80. The van der Waals surface area contributed by atoms with Crippen LogP contribution in [0.3, 0.4) is 0 Å². The third-order valence-corrected chi connectivity index (χ3v) is 4.77. The van der Waals surface area contributed by atoms with Gasteiger partial charge in [-0.05, 0) is 30.5 Å². The third kappa shape index (κ3) is 3.46. The van der Waals surface area contributed by atoms with Gasteiger partial charge in [0.25, 0.3) is 0 Å². The molecule has 1 N–H and O–H groups in total. The SMILES string of the molecule is Cc1ccc(CCC(=O)N2CSCC2C(=O)O)cc1Cl. The lowest BCUT2D eigenvalue weighted by molar-refractivity contribution is -0.147. The minimum Gasteiger partial charge on any atom is -0.480 e. The molecule has 108 valence electrons. The Balaban J connectivity index is 1.94. The highest BCUT2D eigenvalue weighted by molar-refractivity contribution is 7.99. The summed E-state index contributed by atoms with van der Waals surface area (Å²) in [5.74, 6) is -0.108. The molecule has 1 aliphatic heterocycles. The number of thioether (sulfide) groups is 1. The van der Waals surface area contributed by atoms with Crippen LogP contribution in [-0.2, 0) is 16.0 Å². The lowest BCUT2D eigenvalue weighted by Gasteiger charge is -2.20. The Morgan fingerprint density at radius 1 is 1.50 bits per heavy atom. The molecule has 1 aromatic rings. The number of rotatable bonds is 4. The molecule has 0 radical (unpaired) electrons. The van der Waals surface area contributed by atoms with Crippen LogP contribution in [0.5, 0.6) is 0 Å². The second kappa shape index (κ2) is 6.50. The Hall–Kier alpha value is -1.20. The van der Waals surface area contributed by atoms with E-state index in [-0.39, 0.29) is 5.91 Å². The highest BCUT2D eigenvalue weighted by Crippen LogP contribution is 2.23. The van der Waals surface area contributed by atoms with Crippen molar-refractivity contribution >= 4 is 35.2 Å². The molecule has 0 saturated carbocycles. The summed E-state index contributed by atoms with van der Waals surface area (Å²) in [5.41, 5.74) is 2.00. The van der Waals surface area contributed by atoms with E-state index in [2.05, 4.69) is 0 Å². The van der Waals surface area contributed by atoms with Gasteiger partial charge in [0.05, 0.1) is 5.88 Å². The summed E-state index contributed by atoms with van der Waals surface area (Å²) in [6.45, 7) is 1.93. The Bertz CT molecular complexity index is 535. The van der Waals surface area contributed by atoms with Crippen molar-refractivity contribution < 1.29 is 14.7 Å². The molecule has 1 aromatic carbocycles. The molecule has 4 nitrogen and oxygen atoms in total. The maximum absolute atomic E-state index is 12.1. The van der Waals surface area contributed by atoms with Gasteiger partial charge in [0, 0.05) is 17.2 Å². The maximum Gasteiger partial charge on any atom is 0.327 e. The number of aryl methyl sites for hydroxylation is 2. The van der Waals surface area contributed by atoms with E-state index in [4.69, 9.17) is 16.7 Å². The first kappa shape index (κ1) is 15.2. The zero-order chi connectivity index (χ0) is 14.7. The van der Waals surface area contributed by atoms with Crippen LogP contribution in [0.4, 0.5) is 0 Å². The monoisotopic (exact) mass is 313 g/mol. The largest absolute Gasteiger partial charge is 0.480 e. The zero-order valence-electron chi connectivity index (χ0n) is 11.1. The van der Waals surface area contributed by atoms with E-state index in [9.17, 15) is 9.59 Å². The number of hydrogen-bond donors (Lipinski definition) is 1. The van der Waals surface area contributed by atoms with Gasteiger partial charge in [-0.15, -0.1) is 11.8 Å². The predicted octanol–water partition coefficient (Wildman–Crippen LogP) is 2.57. The minimum absolute atomic E-state index is 0.112. The highest BCUT2D eigenvalue weighted by atomic mass is 35.5. The van der Waals surface area contributed by atoms with Crippen LogP contribution in [-0.4, -0.2) is 39.6 Å². The van der Waals surface area contributed by atoms with Gasteiger partial charge < -0.3 is 10.0 Å². The average molecular weight is 314 g/mol. The summed E-state index contributed by atoms with van der Waals surface area (Å²) < 4.78 is 0. The molecule has 0 bridgehead atoms. The fraction of sp³-hybridized carbons (Fsp3) is 0.429. The number of carboxylic acid groups (broad SMARTS) is 1. The maximum atomic E-state index is 12.1. The standard InChI is InChI=1S/C14H16ClNO3S/c1-9-2-3-10(6-11(9)15)4-5-13(17)16-8-20-7-12(16)14(18)19/h2-3,6,12H,4-5,7-8H2,1H3,(H,18,19). The topological polar surface area (TPSA) is 57.6 Å². The van der Waals surface area contributed by atoms with Crippen molar-refractivity contribution in [1.82, 2.24) is 4.90 Å². The van der Waals surface area contributed by atoms with E-state index in [0.717, 1.165) is 11.1 Å². The Labute approximate surface area is 127 Å². The zero-order valence-corrected chi connectivity index (χ0v) is 12.7. The van der Waals surface area contributed by atoms with Crippen molar-refractivity contribution in [1.29, 1.82) is 0 Å². The fourth-order valence-electron chi connectivity index (χ4n) is 2.08. The van der Waals surface area contributed by atoms with Crippen molar-refractivity contribution in [3.63, 3.8) is 0 Å². The number of benzene rings is 1. The van der Waals surface area contributed by atoms with Crippen molar-refractivity contribution in [3.05, 3.63) is 34.3 Å². The van der Waals surface area contributed by atoms with Gasteiger partial charge in [0.2, 0.25) is 5.91 Å². The lowest BCUT2D eigenvalue weighted by Crippen LogP contribution is -2.41. The van der Waals surface area contributed by atoms with Crippen LogP contribution in [0.25, 0.3) is 0 Å². The van der Waals surface area contributed by atoms with Crippen LogP contribution in [0, 0.1) is 6.92 Å². The van der Waals surface area contributed by atoms with E-state index in [1.165, 1.54) is 16.7 Å². The summed E-state index contributed by atoms with van der Waals surface area (Å²) in [4.78, 5) is 24.6. The number of hydrogen-bond acceptors (Lipinski definition) is 3. The minimum atomic E-state index is -0.929. The molecule has 0 aromatic heterocycles. The van der Waals surface area contributed by atoms with E-state index < -0.39 is 12.0 Å². The number of amides is 1.